The predicted molar refractivity (Wildman–Crippen MR) is 83.3 cm³/mol. The number of hydrogen-bond donors (Lipinski definition) is 1. The number of hydrogen-bond acceptors (Lipinski definition) is 3. The van der Waals surface area contributed by atoms with Crippen LogP contribution in [0.4, 0.5) is 0 Å². The molecule has 0 aliphatic carbocycles. The molecule has 20 heavy (non-hydrogen) atoms. The number of ether oxygens (including phenoxy) is 1. The lowest BCUT2D eigenvalue weighted by Crippen LogP contribution is -2.46. The molecule has 1 aromatic heterocycles. The van der Waals surface area contributed by atoms with Gasteiger partial charge in [-0.3, -0.25) is 0 Å². The molecule has 0 amide bonds. The van der Waals surface area contributed by atoms with E-state index in [0.29, 0.717) is 0 Å². The molecule has 3 heterocycles. The summed E-state index contributed by atoms with van der Waals surface area (Å²) in [6.45, 7) is 2.05. The molecule has 0 radical (unpaired) electrons. The van der Waals surface area contributed by atoms with Crippen LogP contribution in [0.3, 0.4) is 0 Å². The molecule has 2 aromatic rings. The van der Waals surface area contributed by atoms with Crippen molar-refractivity contribution in [3.63, 3.8) is 0 Å². The second kappa shape index (κ2) is 4.76. The highest BCUT2D eigenvalue weighted by Gasteiger charge is 2.36. The van der Waals surface area contributed by atoms with Crippen molar-refractivity contribution < 1.29 is 4.74 Å². The smallest absolute Gasteiger partial charge is 0.130 e. The average Bonchev–Trinajstić information content (AvgIpc) is 3.01. The molecule has 1 N–H and O–H groups in total. The Morgan fingerprint density at radius 3 is 2.70 bits per heavy atom. The molecule has 2 aliphatic heterocycles. The minimum atomic E-state index is -0.126. The van der Waals surface area contributed by atoms with Crippen LogP contribution in [0.5, 0.6) is 5.75 Å². The van der Waals surface area contributed by atoms with E-state index < -0.39 is 0 Å². The van der Waals surface area contributed by atoms with E-state index in [0.717, 1.165) is 31.7 Å². The van der Waals surface area contributed by atoms with Crippen LogP contribution >= 0.6 is 11.3 Å². The fourth-order valence-corrected chi connectivity index (χ4v) is 3.86. The predicted octanol–water partition coefficient (Wildman–Crippen LogP) is 3.69. The zero-order valence-electron chi connectivity index (χ0n) is 11.3. The molecule has 0 saturated carbocycles. The molecular weight excluding hydrogens is 266 g/mol. The SMILES string of the molecule is C1=C(c2cccs2)c2ccccc2OC12CCNCC2. The number of piperidine rings is 1. The number of benzene rings is 1. The van der Waals surface area contributed by atoms with E-state index in [1.54, 1.807) is 11.3 Å². The third-order valence-corrected chi connectivity index (χ3v) is 5.04. The number of rotatable bonds is 1. The second-order valence-electron chi connectivity index (χ2n) is 5.45. The maximum absolute atomic E-state index is 6.38. The molecular formula is C17H17NOS. The summed E-state index contributed by atoms with van der Waals surface area (Å²) < 4.78 is 6.38. The van der Waals surface area contributed by atoms with Gasteiger partial charge in [0, 0.05) is 28.9 Å². The van der Waals surface area contributed by atoms with Gasteiger partial charge >= 0.3 is 0 Å². The van der Waals surface area contributed by atoms with Crippen LogP contribution in [0.25, 0.3) is 5.57 Å². The molecule has 0 bridgehead atoms. The van der Waals surface area contributed by atoms with Crippen LogP contribution < -0.4 is 10.1 Å². The Labute approximate surface area is 123 Å². The summed E-state index contributed by atoms with van der Waals surface area (Å²) in [6, 6.07) is 12.7. The van der Waals surface area contributed by atoms with Gasteiger partial charge in [-0.1, -0.05) is 24.3 Å². The van der Waals surface area contributed by atoms with Gasteiger partial charge in [0.25, 0.3) is 0 Å². The van der Waals surface area contributed by atoms with E-state index >= 15 is 0 Å². The van der Waals surface area contributed by atoms with Crippen LogP contribution in [0.2, 0.25) is 0 Å². The van der Waals surface area contributed by atoms with E-state index in [4.69, 9.17) is 4.74 Å². The molecule has 4 rings (SSSR count). The first-order valence-corrected chi connectivity index (χ1v) is 8.00. The largest absolute Gasteiger partial charge is 0.482 e. The molecule has 0 unspecified atom stereocenters. The van der Waals surface area contributed by atoms with Gasteiger partial charge in [0.2, 0.25) is 0 Å². The highest BCUT2D eigenvalue weighted by molar-refractivity contribution is 7.11. The highest BCUT2D eigenvalue weighted by atomic mass is 32.1. The van der Waals surface area contributed by atoms with Gasteiger partial charge in [0.15, 0.2) is 0 Å². The monoisotopic (exact) mass is 283 g/mol. The molecule has 2 aliphatic rings. The number of para-hydroxylation sites is 1. The van der Waals surface area contributed by atoms with Gasteiger partial charge in [-0.2, -0.15) is 0 Å². The number of nitrogens with one attached hydrogen (secondary N) is 1. The quantitative estimate of drug-likeness (QED) is 0.861. The standard InChI is InChI=1S/C17H17NOS/c1-2-5-15-13(4-1)14(16-6-3-11-20-16)12-17(19-15)7-9-18-10-8-17/h1-6,11-12,18H,7-10H2. The van der Waals surface area contributed by atoms with Gasteiger partial charge in [0.05, 0.1) is 0 Å². The minimum Gasteiger partial charge on any atom is -0.482 e. The summed E-state index contributed by atoms with van der Waals surface area (Å²) in [5.74, 6) is 1.03. The second-order valence-corrected chi connectivity index (χ2v) is 6.40. The van der Waals surface area contributed by atoms with Gasteiger partial charge in [-0.15, -0.1) is 11.3 Å². The molecule has 102 valence electrons. The van der Waals surface area contributed by atoms with Crippen LogP contribution in [0.15, 0.2) is 47.9 Å². The van der Waals surface area contributed by atoms with E-state index in [2.05, 4.69) is 53.2 Å². The topological polar surface area (TPSA) is 21.3 Å². The van der Waals surface area contributed by atoms with Crippen molar-refractivity contribution in [3.8, 4) is 5.75 Å². The maximum atomic E-state index is 6.38. The Balaban J connectivity index is 1.86. The van der Waals surface area contributed by atoms with Crippen molar-refractivity contribution in [1.82, 2.24) is 5.32 Å². The fourth-order valence-electron chi connectivity index (χ4n) is 3.10. The summed E-state index contributed by atoms with van der Waals surface area (Å²) in [5, 5.41) is 5.57. The Bertz CT molecular complexity index is 639. The van der Waals surface area contributed by atoms with Crippen molar-refractivity contribution in [1.29, 1.82) is 0 Å². The van der Waals surface area contributed by atoms with E-state index in [1.165, 1.54) is 16.0 Å². The first-order chi connectivity index (χ1) is 9.86. The minimum absolute atomic E-state index is 0.126. The molecule has 1 aromatic carbocycles. The Hall–Kier alpha value is -1.58. The zero-order chi connectivity index (χ0) is 13.4. The molecule has 1 spiro atoms. The normalized spacial score (nSPS) is 20.1. The van der Waals surface area contributed by atoms with Crippen molar-refractivity contribution in [2.24, 2.45) is 0 Å². The summed E-state index contributed by atoms with van der Waals surface area (Å²) in [5.41, 5.74) is 2.43. The van der Waals surface area contributed by atoms with Crippen LogP contribution in [0, 0.1) is 0 Å². The van der Waals surface area contributed by atoms with Crippen molar-refractivity contribution >= 4 is 16.9 Å². The summed E-state index contributed by atoms with van der Waals surface area (Å²) in [7, 11) is 0. The number of fused-ring (bicyclic) bond motifs is 1. The Kier molecular flexibility index (Phi) is 2.90. The van der Waals surface area contributed by atoms with Gasteiger partial charge in [0.1, 0.15) is 11.4 Å². The number of thiophene rings is 1. The van der Waals surface area contributed by atoms with E-state index in [1.807, 2.05) is 0 Å². The Morgan fingerprint density at radius 2 is 1.90 bits per heavy atom. The van der Waals surface area contributed by atoms with Crippen molar-refractivity contribution in [2.45, 2.75) is 18.4 Å². The fraction of sp³-hybridized carbons (Fsp3) is 0.294. The van der Waals surface area contributed by atoms with Gasteiger partial charge in [-0.25, -0.2) is 0 Å². The lowest BCUT2D eigenvalue weighted by Gasteiger charge is -2.39. The van der Waals surface area contributed by atoms with Gasteiger partial charge < -0.3 is 10.1 Å². The molecule has 3 heteroatoms. The van der Waals surface area contributed by atoms with E-state index in [9.17, 15) is 0 Å². The third-order valence-electron chi connectivity index (χ3n) is 4.13. The summed E-state index contributed by atoms with van der Waals surface area (Å²) >= 11 is 1.80. The molecule has 0 atom stereocenters. The lowest BCUT2D eigenvalue weighted by atomic mass is 9.85. The summed E-state index contributed by atoms with van der Waals surface area (Å²) in [4.78, 5) is 1.33. The molecule has 1 saturated heterocycles. The molecule has 1 fully saturated rings. The third kappa shape index (κ3) is 1.98. The van der Waals surface area contributed by atoms with Crippen molar-refractivity contribution in [2.75, 3.05) is 13.1 Å². The van der Waals surface area contributed by atoms with E-state index in [-0.39, 0.29) is 5.60 Å². The zero-order valence-corrected chi connectivity index (χ0v) is 12.1. The highest BCUT2D eigenvalue weighted by Crippen LogP contribution is 2.43. The van der Waals surface area contributed by atoms with Gasteiger partial charge in [-0.05, 0) is 36.7 Å². The average molecular weight is 283 g/mol. The Morgan fingerprint density at radius 1 is 1.05 bits per heavy atom. The van der Waals surface area contributed by atoms with Crippen molar-refractivity contribution in [3.05, 3.63) is 58.3 Å². The first-order valence-electron chi connectivity index (χ1n) is 7.12. The van der Waals surface area contributed by atoms with Crippen LogP contribution in [-0.2, 0) is 0 Å². The lowest BCUT2D eigenvalue weighted by molar-refractivity contribution is 0.0817. The first kappa shape index (κ1) is 12.2. The molecule has 2 nitrogen and oxygen atoms in total. The van der Waals surface area contributed by atoms with Crippen LogP contribution in [0.1, 0.15) is 23.3 Å². The van der Waals surface area contributed by atoms with Crippen LogP contribution in [-0.4, -0.2) is 18.7 Å². The maximum Gasteiger partial charge on any atom is 0.130 e. The summed E-state index contributed by atoms with van der Waals surface area (Å²) in [6.07, 6.45) is 4.44.